The highest BCUT2D eigenvalue weighted by molar-refractivity contribution is 7.15. The summed E-state index contributed by atoms with van der Waals surface area (Å²) >= 11 is 1.31. The maximum Gasteiger partial charge on any atom is 0.268 e. The molecule has 0 radical (unpaired) electrons. The van der Waals surface area contributed by atoms with Gasteiger partial charge in [-0.1, -0.05) is 36.5 Å². The topological polar surface area (TPSA) is 83.6 Å². The monoisotopic (exact) mass is 337 g/mol. The summed E-state index contributed by atoms with van der Waals surface area (Å²) in [5.74, 6) is -0.482. The van der Waals surface area contributed by atoms with Crippen LogP contribution in [0.25, 0.3) is 17.0 Å². The van der Waals surface area contributed by atoms with Crippen molar-refractivity contribution in [1.82, 2.24) is 14.8 Å². The molecule has 2 aromatic heterocycles. The number of para-hydroxylation sites is 1. The molecule has 1 aromatic carbocycles. The highest BCUT2D eigenvalue weighted by Crippen LogP contribution is 2.23. The fraction of sp³-hybridized carbons (Fsp3) is 0.176. The number of nitrogens with one attached hydrogen (secondary N) is 1. The number of hydrogen-bond donors (Lipinski definition) is 1. The molecule has 24 heavy (non-hydrogen) atoms. The van der Waals surface area contributed by atoms with E-state index in [-0.39, 0.29) is 5.57 Å². The first-order chi connectivity index (χ1) is 11.6. The smallest absolute Gasteiger partial charge is 0.268 e. The van der Waals surface area contributed by atoms with Gasteiger partial charge in [-0.3, -0.25) is 10.1 Å². The third-order valence-corrected chi connectivity index (χ3v) is 4.57. The minimum absolute atomic E-state index is 0.0274. The van der Waals surface area contributed by atoms with Crippen molar-refractivity contribution in [3.63, 3.8) is 0 Å². The SMILES string of the molecule is CCc1nnc(NC(=O)/C(C#N)=C/c2cn(C)c3ccccc23)s1. The van der Waals surface area contributed by atoms with Crippen LogP contribution >= 0.6 is 11.3 Å². The van der Waals surface area contributed by atoms with Gasteiger partial charge in [0.05, 0.1) is 0 Å². The van der Waals surface area contributed by atoms with E-state index >= 15 is 0 Å². The summed E-state index contributed by atoms with van der Waals surface area (Å²) in [5, 5.41) is 22.1. The highest BCUT2D eigenvalue weighted by Gasteiger charge is 2.14. The fourth-order valence-corrected chi connectivity index (χ4v) is 3.08. The number of aromatic nitrogens is 3. The second kappa shape index (κ2) is 6.64. The first kappa shape index (κ1) is 15.9. The van der Waals surface area contributed by atoms with E-state index in [2.05, 4.69) is 15.5 Å². The molecular weight excluding hydrogens is 322 g/mol. The Morgan fingerprint density at radius 3 is 2.92 bits per heavy atom. The second-order valence-electron chi connectivity index (χ2n) is 5.19. The molecule has 7 heteroatoms. The zero-order valence-corrected chi connectivity index (χ0v) is 14.1. The van der Waals surface area contributed by atoms with Gasteiger partial charge in [0.2, 0.25) is 5.13 Å². The summed E-state index contributed by atoms with van der Waals surface area (Å²) in [4.78, 5) is 12.3. The molecular formula is C17H15N5OS. The minimum Gasteiger partial charge on any atom is -0.350 e. The molecule has 0 saturated carbocycles. The Hall–Kier alpha value is -2.98. The summed E-state index contributed by atoms with van der Waals surface area (Å²) in [7, 11) is 1.93. The molecule has 1 amide bonds. The number of fused-ring (bicyclic) bond motifs is 1. The molecule has 0 aliphatic rings. The molecule has 0 aliphatic heterocycles. The lowest BCUT2D eigenvalue weighted by Crippen LogP contribution is -2.13. The zero-order chi connectivity index (χ0) is 17.1. The average molecular weight is 337 g/mol. The van der Waals surface area contributed by atoms with Crippen molar-refractivity contribution < 1.29 is 4.79 Å². The summed E-state index contributed by atoms with van der Waals surface area (Å²) in [5.41, 5.74) is 1.89. The molecule has 0 unspecified atom stereocenters. The van der Waals surface area contributed by atoms with Gasteiger partial charge in [0.25, 0.3) is 5.91 Å². The molecule has 0 atom stereocenters. The number of nitriles is 1. The molecule has 3 aromatic rings. The Morgan fingerprint density at radius 2 is 2.21 bits per heavy atom. The number of nitrogens with zero attached hydrogens (tertiary/aromatic N) is 4. The standard InChI is InChI=1S/C17H15N5OS/c1-3-15-20-21-17(24-15)19-16(23)11(9-18)8-12-10-22(2)14-7-5-4-6-13(12)14/h4-8,10H,3H2,1-2H3,(H,19,21,23)/b11-8+. The molecule has 2 heterocycles. The van der Waals surface area contributed by atoms with Crippen LogP contribution < -0.4 is 5.32 Å². The van der Waals surface area contributed by atoms with E-state index in [4.69, 9.17) is 0 Å². The lowest BCUT2D eigenvalue weighted by molar-refractivity contribution is -0.112. The summed E-state index contributed by atoms with van der Waals surface area (Å²) in [6.45, 7) is 1.97. The van der Waals surface area contributed by atoms with E-state index in [1.807, 2.05) is 55.1 Å². The normalized spacial score (nSPS) is 11.5. The maximum absolute atomic E-state index is 12.3. The van der Waals surface area contributed by atoms with Crippen LogP contribution in [0.5, 0.6) is 0 Å². The summed E-state index contributed by atoms with van der Waals surface area (Å²) in [6.07, 6.45) is 4.25. The molecule has 120 valence electrons. The van der Waals surface area contributed by atoms with E-state index in [1.165, 1.54) is 11.3 Å². The van der Waals surface area contributed by atoms with Crippen LogP contribution in [0.2, 0.25) is 0 Å². The van der Waals surface area contributed by atoms with Crippen molar-refractivity contribution >= 4 is 39.4 Å². The molecule has 0 spiro atoms. The van der Waals surface area contributed by atoms with Gasteiger partial charge < -0.3 is 4.57 Å². The fourth-order valence-electron chi connectivity index (χ4n) is 2.40. The molecule has 3 rings (SSSR count). The largest absolute Gasteiger partial charge is 0.350 e. The number of aryl methyl sites for hydroxylation is 2. The van der Waals surface area contributed by atoms with Crippen molar-refractivity contribution in [2.45, 2.75) is 13.3 Å². The Bertz CT molecular complexity index is 976. The van der Waals surface area contributed by atoms with E-state index < -0.39 is 5.91 Å². The third kappa shape index (κ3) is 3.05. The van der Waals surface area contributed by atoms with Crippen LogP contribution in [0, 0.1) is 11.3 Å². The Labute approximate surface area is 143 Å². The predicted molar refractivity (Wildman–Crippen MR) is 94.4 cm³/mol. The van der Waals surface area contributed by atoms with Crippen LogP contribution in [-0.2, 0) is 18.3 Å². The summed E-state index contributed by atoms with van der Waals surface area (Å²) in [6, 6.07) is 9.80. The second-order valence-corrected chi connectivity index (χ2v) is 6.25. The number of anilines is 1. The molecule has 0 saturated heterocycles. The first-order valence-electron chi connectivity index (χ1n) is 7.42. The van der Waals surface area contributed by atoms with Crippen molar-refractivity contribution in [3.05, 3.63) is 46.6 Å². The van der Waals surface area contributed by atoms with Crippen molar-refractivity contribution in [3.8, 4) is 6.07 Å². The third-order valence-electron chi connectivity index (χ3n) is 3.58. The molecule has 0 bridgehead atoms. The van der Waals surface area contributed by atoms with Gasteiger partial charge in [-0.2, -0.15) is 5.26 Å². The van der Waals surface area contributed by atoms with Crippen molar-refractivity contribution in [2.75, 3.05) is 5.32 Å². The Balaban J connectivity index is 1.91. The van der Waals surface area contributed by atoms with Gasteiger partial charge in [0.15, 0.2) is 0 Å². The molecule has 6 nitrogen and oxygen atoms in total. The van der Waals surface area contributed by atoms with Gasteiger partial charge in [0.1, 0.15) is 16.6 Å². The van der Waals surface area contributed by atoms with Gasteiger partial charge >= 0.3 is 0 Å². The van der Waals surface area contributed by atoms with Crippen LogP contribution in [0.3, 0.4) is 0 Å². The van der Waals surface area contributed by atoms with Gasteiger partial charge in [0, 0.05) is 29.7 Å². The van der Waals surface area contributed by atoms with Gasteiger partial charge in [-0.25, -0.2) is 0 Å². The molecule has 1 N–H and O–H groups in total. The average Bonchev–Trinajstić information content (AvgIpc) is 3.17. The number of carbonyl (C=O) groups is 1. The van der Waals surface area contributed by atoms with Gasteiger partial charge in [-0.15, -0.1) is 10.2 Å². The number of carbonyl (C=O) groups excluding carboxylic acids is 1. The van der Waals surface area contributed by atoms with Crippen LogP contribution in [0.4, 0.5) is 5.13 Å². The number of benzene rings is 1. The predicted octanol–water partition coefficient (Wildman–Crippen LogP) is 3.14. The van der Waals surface area contributed by atoms with Crippen LogP contribution in [0.15, 0.2) is 36.0 Å². The molecule has 0 fully saturated rings. The van der Waals surface area contributed by atoms with E-state index in [9.17, 15) is 10.1 Å². The van der Waals surface area contributed by atoms with Crippen molar-refractivity contribution in [2.24, 2.45) is 7.05 Å². The van der Waals surface area contributed by atoms with Gasteiger partial charge in [-0.05, 0) is 18.6 Å². The molecule has 0 aliphatic carbocycles. The van der Waals surface area contributed by atoms with E-state index in [0.29, 0.717) is 5.13 Å². The first-order valence-corrected chi connectivity index (χ1v) is 8.23. The number of rotatable bonds is 4. The minimum atomic E-state index is -0.482. The lowest BCUT2D eigenvalue weighted by Gasteiger charge is -1.99. The number of hydrogen-bond acceptors (Lipinski definition) is 5. The van der Waals surface area contributed by atoms with E-state index in [1.54, 1.807) is 6.08 Å². The summed E-state index contributed by atoms with van der Waals surface area (Å²) < 4.78 is 1.96. The lowest BCUT2D eigenvalue weighted by atomic mass is 10.1. The van der Waals surface area contributed by atoms with Crippen molar-refractivity contribution in [1.29, 1.82) is 5.26 Å². The van der Waals surface area contributed by atoms with Crippen LogP contribution in [0.1, 0.15) is 17.5 Å². The quantitative estimate of drug-likeness (QED) is 0.585. The Kier molecular flexibility index (Phi) is 4.40. The number of amides is 1. The zero-order valence-electron chi connectivity index (χ0n) is 13.3. The Morgan fingerprint density at radius 1 is 1.42 bits per heavy atom. The van der Waals surface area contributed by atoms with Crippen LogP contribution in [-0.4, -0.2) is 20.7 Å². The maximum atomic E-state index is 12.3. The van der Waals surface area contributed by atoms with E-state index in [0.717, 1.165) is 27.9 Å². The highest BCUT2D eigenvalue weighted by atomic mass is 32.1.